The minimum atomic E-state index is -0.981. The van der Waals surface area contributed by atoms with Crippen LogP contribution in [-0.4, -0.2) is 45.5 Å². The van der Waals surface area contributed by atoms with Gasteiger partial charge in [0.2, 0.25) is 5.75 Å². The molecule has 1 aromatic carbocycles. The average Bonchev–Trinajstić information content (AvgIpc) is 3.25. The highest BCUT2D eigenvalue weighted by Gasteiger charge is 2.24. The normalized spacial score (nSPS) is 13.1. The van der Waals surface area contributed by atoms with Crippen LogP contribution >= 0.6 is 35.3 Å². The van der Waals surface area contributed by atoms with Gasteiger partial charge >= 0.3 is 0 Å². The Kier molecular flexibility index (Phi) is 10.5. The third kappa shape index (κ3) is 6.65. The molecule has 0 spiro atoms. The van der Waals surface area contributed by atoms with Gasteiger partial charge in [0.15, 0.2) is 17.5 Å². The zero-order chi connectivity index (χ0) is 20.6. The molecule has 1 heterocycles. The molecule has 0 saturated carbocycles. The summed E-state index contributed by atoms with van der Waals surface area (Å²) in [5.41, 5.74) is -0.117. The summed E-state index contributed by atoms with van der Waals surface area (Å²) < 4.78 is 16.3. The van der Waals surface area contributed by atoms with E-state index in [4.69, 9.17) is 14.2 Å². The van der Waals surface area contributed by atoms with Crippen molar-refractivity contribution in [2.24, 2.45) is 4.99 Å². The Labute approximate surface area is 193 Å². The summed E-state index contributed by atoms with van der Waals surface area (Å²) in [7, 11) is 4.75. The van der Waals surface area contributed by atoms with Crippen LogP contribution in [-0.2, 0) is 12.1 Å². The van der Waals surface area contributed by atoms with Crippen LogP contribution in [0, 0.1) is 0 Å². The Morgan fingerprint density at radius 1 is 1.10 bits per heavy atom. The molecular weight excluding hydrogens is 505 g/mol. The van der Waals surface area contributed by atoms with Crippen molar-refractivity contribution >= 4 is 41.3 Å². The molecule has 0 radical (unpaired) electrons. The Hall–Kier alpha value is -1.72. The molecule has 0 aliphatic rings. The van der Waals surface area contributed by atoms with Gasteiger partial charge in [-0.1, -0.05) is 6.07 Å². The predicted molar refractivity (Wildman–Crippen MR) is 128 cm³/mol. The van der Waals surface area contributed by atoms with Crippen LogP contribution in [0.5, 0.6) is 17.2 Å². The lowest BCUT2D eigenvalue weighted by molar-refractivity contribution is 0.0655. The van der Waals surface area contributed by atoms with Crippen molar-refractivity contribution in [2.45, 2.75) is 26.0 Å². The molecule has 0 aliphatic heterocycles. The van der Waals surface area contributed by atoms with Gasteiger partial charge in [-0.05, 0) is 37.4 Å². The first kappa shape index (κ1) is 25.3. The number of aliphatic imine (C=N–C) groups is 1. The smallest absolute Gasteiger partial charge is 0.203 e. The monoisotopic (exact) mass is 535 g/mol. The van der Waals surface area contributed by atoms with Gasteiger partial charge in [-0.3, -0.25) is 0 Å². The second-order valence-electron chi connectivity index (χ2n) is 6.29. The van der Waals surface area contributed by atoms with Crippen LogP contribution in [0.3, 0.4) is 0 Å². The van der Waals surface area contributed by atoms with Gasteiger partial charge in [-0.2, -0.15) is 0 Å². The van der Waals surface area contributed by atoms with E-state index in [1.807, 2.05) is 36.6 Å². The highest BCUT2D eigenvalue weighted by Crippen LogP contribution is 2.39. The van der Waals surface area contributed by atoms with Crippen molar-refractivity contribution < 1.29 is 19.3 Å². The first-order valence-corrected chi connectivity index (χ1v) is 9.91. The Bertz CT molecular complexity index is 782. The summed E-state index contributed by atoms with van der Waals surface area (Å²) in [4.78, 5) is 5.52. The number of methoxy groups -OCH3 is 3. The molecule has 0 amide bonds. The number of guanidine groups is 1. The van der Waals surface area contributed by atoms with Crippen LogP contribution in [0.1, 0.15) is 24.3 Å². The number of hydrogen-bond donors (Lipinski definition) is 3. The van der Waals surface area contributed by atoms with E-state index in [1.165, 1.54) is 11.3 Å². The van der Waals surface area contributed by atoms with Gasteiger partial charge in [0, 0.05) is 17.0 Å². The Balaban J connectivity index is 0.00000420. The number of hydrogen-bond acceptors (Lipinski definition) is 6. The zero-order valence-corrected chi connectivity index (χ0v) is 20.6. The van der Waals surface area contributed by atoms with Gasteiger partial charge in [0.1, 0.15) is 5.60 Å². The molecule has 3 N–H and O–H groups in total. The fraction of sp³-hybridized carbons (Fsp3) is 0.450. The highest BCUT2D eigenvalue weighted by atomic mass is 127. The van der Waals surface area contributed by atoms with E-state index in [0.717, 1.165) is 10.4 Å². The molecule has 7 nitrogen and oxygen atoms in total. The third-order valence-electron chi connectivity index (χ3n) is 4.19. The lowest BCUT2D eigenvalue weighted by atomic mass is 10.1. The molecule has 1 atom stereocenters. The van der Waals surface area contributed by atoms with E-state index in [1.54, 1.807) is 28.3 Å². The van der Waals surface area contributed by atoms with Gasteiger partial charge in [0.05, 0.1) is 34.4 Å². The molecule has 0 fully saturated rings. The molecule has 0 bridgehead atoms. The summed E-state index contributed by atoms with van der Waals surface area (Å²) >= 11 is 1.53. The largest absolute Gasteiger partial charge is 0.493 e. The molecule has 9 heteroatoms. The number of halogens is 1. The van der Waals surface area contributed by atoms with Crippen LogP contribution in [0.15, 0.2) is 34.6 Å². The van der Waals surface area contributed by atoms with E-state index in [2.05, 4.69) is 15.6 Å². The van der Waals surface area contributed by atoms with E-state index in [0.29, 0.717) is 42.8 Å². The van der Waals surface area contributed by atoms with Crippen molar-refractivity contribution in [2.75, 3.05) is 34.4 Å². The maximum atomic E-state index is 10.7. The number of thiophene rings is 1. The topological polar surface area (TPSA) is 84.3 Å². The number of benzene rings is 1. The maximum Gasteiger partial charge on any atom is 0.203 e. The lowest BCUT2D eigenvalue weighted by Gasteiger charge is -2.23. The standard InChI is InChI=1S/C20H29N3O4S.HI/c1-6-21-19(23-13-20(2,24)16-8-7-11-28-16)22-12-14-9-10-15(25-3)18(27-5)17(14)26-4;/h7-11,24H,6,12-13H2,1-5H3,(H2,21,22,23);1H. The minimum absolute atomic E-state index is 0. The quantitative estimate of drug-likeness (QED) is 0.260. The summed E-state index contributed by atoms with van der Waals surface area (Å²) in [6, 6.07) is 7.57. The van der Waals surface area contributed by atoms with Crippen molar-refractivity contribution in [1.29, 1.82) is 0 Å². The number of nitrogens with zero attached hydrogens (tertiary/aromatic N) is 1. The molecule has 2 aromatic rings. The Morgan fingerprint density at radius 3 is 2.38 bits per heavy atom. The fourth-order valence-electron chi connectivity index (χ4n) is 2.72. The van der Waals surface area contributed by atoms with Gasteiger partial charge in [-0.15, -0.1) is 35.3 Å². The SMILES string of the molecule is CCNC(=NCc1ccc(OC)c(OC)c1OC)NCC(C)(O)c1cccs1.I. The lowest BCUT2D eigenvalue weighted by Crippen LogP contribution is -2.44. The number of ether oxygens (including phenoxy) is 3. The molecule has 1 unspecified atom stereocenters. The summed E-state index contributed by atoms with van der Waals surface area (Å²) in [5.74, 6) is 2.34. The van der Waals surface area contributed by atoms with Crippen LogP contribution < -0.4 is 24.8 Å². The molecule has 162 valence electrons. The van der Waals surface area contributed by atoms with Crippen LogP contribution in [0.2, 0.25) is 0 Å². The van der Waals surface area contributed by atoms with Crippen LogP contribution in [0.25, 0.3) is 0 Å². The fourth-order valence-corrected chi connectivity index (χ4v) is 3.51. The average molecular weight is 535 g/mol. The van der Waals surface area contributed by atoms with Gasteiger partial charge < -0.3 is 30.0 Å². The molecule has 0 saturated heterocycles. The zero-order valence-electron chi connectivity index (χ0n) is 17.4. The summed E-state index contributed by atoms with van der Waals surface area (Å²) in [6.07, 6.45) is 0. The van der Waals surface area contributed by atoms with Crippen molar-refractivity contribution in [3.63, 3.8) is 0 Å². The summed E-state index contributed by atoms with van der Waals surface area (Å²) in [5, 5.41) is 19.1. The molecular formula is C20H30IN3O4S. The van der Waals surface area contributed by atoms with Crippen molar-refractivity contribution in [3.05, 3.63) is 40.1 Å². The molecule has 0 aliphatic carbocycles. The number of rotatable bonds is 9. The summed E-state index contributed by atoms with van der Waals surface area (Å²) in [6.45, 7) is 5.19. The minimum Gasteiger partial charge on any atom is -0.493 e. The van der Waals surface area contributed by atoms with E-state index in [-0.39, 0.29) is 24.0 Å². The number of nitrogens with one attached hydrogen (secondary N) is 2. The second kappa shape index (κ2) is 12.1. The third-order valence-corrected chi connectivity index (χ3v) is 5.31. The van der Waals surface area contributed by atoms with E-state index >= 15 is 0 Å². The first-order chi connectivity index (χ1) is 13.5. The first-order valence-electron chi connectivity index (χ1n) is 9.03. The maximum absolute atomic E-state index is 10.7. The highest BCUT2D eigenvalue weighted by molar-refractivity contribution is 14.0. The molecule has 1 aromatic heterocycles. The molecule has 2 rings (SSSR count). The second-order valence-corrected chi connectivity index (χ2v) is 7.24. The number of aliphatic hydroxyl groups is 1. The molecule has 29 heavy (non-hydrogen) atoms. The van der Waals surface area contributed by atoms with Gasteiger partial charge in [-0.25, -0.2) is 4.99 Å². The van der Waals surface area contributed by atoms with Crippen molar-refractivity contribution in [3.8, 4) is 17.2 Å². The van der Waals surface area contributed by atoms with Crippen LogP contribution in [0.4, 0.5) is 0 Å². The van der Waals surface area contributed by atoms with E-state index in [9.17, 15) is 5.11 Å². The van der Waals surface area contributed by atoms with Gasteiger partial charge in [0.25, 0.3) is 0 Å². The van der Waals surface area contributed by atoms with Crippen molar-refractivity contribution in [1.82, 2.24) is 10.6 Å². The van der Waals surface area contributed by atoms with E-state index < -0.39 is 5.60 Å². The Morgan fingerprint density at radius 2 is 1.83 bits per heavy atom. The predicted octanol–water partition coefficient (Wildman–Crippen LogP) is 3.35.